The van der Waals surface area contributed by atoms with E-state index in [0.29, 0.717) is 17.0 Å². The van der Waals surface area contributed by atoms with Gasteiger partial charge in [-0.2, -0.15) is 9.78 Å². The fourth-order valence-corrected chi connectivity index (χ4v) is 2.42. The van der Waals surface area contributed by atoms with E-state index in [4.69, 9.17) is 11.6 Å². The molecule has 26 heavy (non-hydrogen) atoms. The molecule has 0 aliphatic carbocycles. The summed E-state index contributed by atoms with van der Waals surface area (Å²) in [6.45, 7) is 5.10. The van der Waals surface area contributed by atoms with Crippen molar-refractivity contribution in [3.63, 3.8) is 0 Å². The van der Waals surface area contributed by atoms with E-state index in [2.05, 4.69) is 20.4 Å². The summed E-state index contributed by atoms with van der Waals surface area (Å²) in [5.74, 6) is -0.782. The van der Waals surface area contributed by atoms with Crippen molar-refractivity contribution in [3.05, 3.63) is 68.0 Å². The van der Waals surface area contributed by atoms with Crippen LogP contribution in [-0.2, 0) is 0 Å². The zero-order valence-corrected chi connectivity index (χ0v) is 15.0. The number of aryl methyl sites for hydroxylation is 2. The quantitative estimate of drug-likeness (QED) is 0.736. The number of hydrogen-bond donors (Lipinski definition) is 2. The molecule has 9 heteroatoms. The van der Waals surface area contributed by atoms with E-state index in [1.807, 2.05) is 0 Å². The molecule has 0 aliphatic heterocycles. The number of aromatic nitrogens is 4. The Hall–Kier alpha value is -3.00. The van der Waals surface area contributed by atoms with Gasteiger partial charge in [-0.3, -0.25) is 14.6 Å². The molecule has 1 amide bonds. The molecule has 0 unspecified atom stereocenters. The molecule has 0 aliphatic rings. The number of carbonyl (C=O) groups is 1. The molecule has 1 aromatic carbocycles. The van der Waals surface area contributed by atoms with Gasteiger partial charge in [-0.05, 0) is 39.0 Å². The third kappa shape index (κ3) is 3.36. The van der Waals surface area contributed by atoms with E-state index in [1.54, 1.807) is 26.8 Å². The van der Waals surface area contributed by atoms with Crippen molar-refractivity contribution < 1.29 is 9.18 Å². The first kappa shape index (κ1) is 17.8. The van der Waals surface area contributed by atoms with Gasteiger partial charge in [0.1, 0.15) is 11.6 Å². The normalized spacial score (nSPS) is 10.8. The lowest BCUT2D eigenvalue weighted by Gasteiger charge is -2.09. The Morgan fingerprint density at radius 3 is 2.65 bits per heavy atom. The smallest absolute Gasteiger partial charge is 0.256 e. The third-order valence-corrected chi connectivity index (χ3v) is 4.14. The monoisotopic (exact) mass is 375 g/mol. The lowest BCUT2D eigenvalue weighted by atomic mass is 10.2. The summed E-state index contributed by atoms with van der Waals surface area (Å²) in [7, 11) is 0. The SMILES string of the molecule is Cc1cc(NC(=O)c2ccc(Cl)c(F)c2)n(-c2nc(C)c(C)c(=O)[nH]2)n1. The molecule has 7 nitrogen and oxygen atoms in total. The largest absolute Gasteiger partial charge is 0.306 e. The molecule has 134 valence electrons. The molecule has 3 rings (SSSR count). The number of anilines is 1. The minimum absolute atomic E-state index is 0.0701. The Bertz CT molecular complexity index is 1070. The van der Waals surface area contributed by atoms with Crippen LogP contribution in [0, 0.1) is 26.6 Å². The molecule has 0 saturated carbocycles. The molecule has 0 fully saturated rings. The number of aromatic amines is 1. The van der Waals surface area contributed by atoms with E-state index in [-0.39, 0.29) is 27.9 Å². The predicted molar refractivity (Wildman–Crippen MR) is 95.6 cm³/mol. The van der Waals surface area contributed by atoms with E-state index in [9.17, 15) is 14.0 Å². The summed E-state index contributed by atoms with van der Waals surface area (Å²) in [6.07, 6.45) is 0. The Balaban J connectivity index is 1.98. The van der Waals surface area contributed by atoms with Crippen molar-refractivity contribution in [2.24, 2.45) is 0 Å². The van der Waals surface area contributed by atoms with Crippen LogP contribution in [0.2, 0.25) is 5.02 Å². The summed E-state index contributed by atoms with van der Waals surface area (Å²) in [5.41, 5.74) is 1.45. The van der Waals surface area contributed by atoms with Crippen LogP contribution in [0.25, 0.3) is 5.95 Å². The summed E-state index contributed by atoms with van der Waals surface area (Å²) in [4.78, 5) is 31.3. The number of benzene rings is 1. The minimum Gasteiger partial charge on any atom is -0.306 e. The maximum Gasteiger partial charge on any atom is 0.256 e. The first-order valence-corrected chi connectivity index (χ1v) is 8.05. The molecule has 3 aromatic rings. The highest BCUT2D eigenvalue weighted by molar-refractivity contribution is 6.30. The molecular weight excluding hydrogens is 361 g/mol. The Labute approximate surface area is 152 Å². The van der Waals surface area contributed by atoms with Crippen molar-refractivity contribution in [1.82, 2.24) is 19.7 Å². The molecule has 0 bridgehead atoms. The van der Waals surface area contributed by atoms with Gasteiger partial charge in [0.25, 0.3) is 11.5 Å². The summed E-state index contributed by atoms with van der Waals surface area (Å²) >= 11 is 5.63. The molecule has 0 atom stereocenters. The first-order chi connectivity index (χ1) is 12.3. The second-order valence-electron chi connectivity index (χ2n) is 5.77. The first-order valence-electron chi connectivity index (χ1n) is 7.67. The van der Waals surface area contributed by atoms with E-state index >= 15 is 0 Å². The number of nitrogens with zero attached hydrogens (tertiary/aromatic N) is 3. The van der Waals surface area contributed by atoms with Crippen LogP contribution in [0.15, 0.2) is 29.1 Å². The van der Waals surface area contributed by atoms with E-state index < -0.39 is 11.7 Å². The summed E-state index contributed by atoms with van der Waals surface area (Å²) in [6, 6.07) is 5.36. The number of nitrogens with one attached hydrogen (secondary N) is 2. The number of H-pyrrole nitrogens is 1. The van der Waals surface area contributed by atoms with Crippen molar-refractivity contribution >= 4 is 23.3 Å². The highest BCUT2D eigenvalue weighted by atomic mass is 35.5. The van der Waals surface area contributed by atoms with Gasteiger partial charge in [0.2, 0.25) is 5.95 Å². The van der Waals surface area contributed by atoms with E-state index in [1.165, 1.54) is 16.8 Å². The molecule has 2 aromatic heterocycles. The zero-order chi connectivity index (χ0) is 19.0. The standard InChI is InChI=1S/C17H15ClFN5O2/c1-8-6-14(21-16(26)11-4-5-12(18)13(19)7-11)24(23-8)17-20-10(3)9(2)15(25)22-17/h4-7H,1-3H3,(H,21,26)(H,20,22,25). The number of halogens is 2. The fourth-order valence-electron chi connectivity index (χ4n) is 2.31. The van der Waals surface area contributed by atoms with Gasteiger partial charge in [-0.1, -0.05) is 11.6 Å². The molecule has 0 radical (unpaired) electrons. The maximum atomic E-state index is 13.6. The highest BCUT2D eigenvalue weighted by Crippen LogP contribution is 2.18. The average Bonchev–Trinajstić information content (AvgIpc) is 2.95. The fraction of sp³-hybridized carbons (Fsp3) is 0.176. The van der Waals surface area contributed by atoms with Gasteiger partial charge >= 0.3 is 0 Å². The van der Waals surface area contributed by atoms with Crippen molar-refractivity contribution in [2.75, 3.05) is 5.32 Å². The van der Waals surface area contributed by atoms with Crippen LogP contribution in [0.5, 0.6) is 0 Å². The molecular formula is C17H15ClFN5O2. The van der Waals surface area contributed by atoms with Crippen molar-refractivity contribution in [3.8, 4) is 5.95 Å². The molecule has 0 saturated heterocycles. The topological polar surface area (TPSA) is 92.7 Å². The van der Waals surface area contributed by atoms with Crippen molar-refractivity contribution in [1.29, 1.82) is 0 Å². The van der Waals surface area contributed by atoms with Crippen LogP contribution in [-0.4, -0.2) is 25.7 Å². The zero-order valence-electron chi connectivity index (χ0n) is 14.2. The van der Waals surface area contributed by atoms with Gasteiger partial charge in [0.15, 0.2) is 0 Å². The molecule has 2 N–H and O–H groups in total. The van der Waals surface area contributed by atoms with Crippen LogP contribution < -0.4 is 10.9 Å². The Kier molecular flexibility index (Phi) is 4.60. The molecule has 0 spiro atoms. The van der Waals surface area contributed by atoms with Crippen LogP contribution in [0.3, 0.4) is 0 Å². The predicted octanol–water partition coefficient (Wildman–Crippen LogP) is 2.93. The van der Waals surface area contributed by atoms with Gasteiger partial charge in [0, 0.05) is 22.9 Å². The average molecular weight is 376 g/mol. The summed E-state index contributed by atoms with van der Waals surface area (Å²) < 4.78 is 14.9. The lowest BCUT2D eigenvalue weighted by molar-refractivity contribution is 0.102. The summed E-state index contributed by atoms with van der Waals surface area (Å²) in [5, 5.41) is 6.81. The van der Waals surface area contributed by atoms with Gasteiger partial charge in [-0.15, -0.1) is 0 Å². The van der Waals surface area contributed by atoms with Gasteiger partial charge < -0.3 is 5.32 Å². The van der Waals surface area contributed by atoms with E-state index in [0.717, 1.165) is 6.07 Å². The number of hydrogen-bond acceptors (Lipinski definition) is 4. The number of carbonyl (C=O) groups excluding carboxylic acids is 1. The van der Waals surface area contributed by atoms with Gasteiger partial charge in [-0.25, -0.2) is 9.37 Å². The number of amides is 1. The lowest BCUT2D eigenvalue weighted by Crippen LogP contribution is -2.20. The van der Waals surface area contributed by atoms with Crippen molar-refractivity contribution in [2.45, 2.75) is 20.8 Å². The Morgan fingerprint density at radius 1 is 1.27 bits per heavy atom. The number of rotatable bonds is 3. The Morgan fingerprint density at radius 2 is 2.00 bits per heavy atom. The third-order valence-electron chi connectivity index (χ3n) is 3.84. The second-order valence-corrected chi connectivity index (χ2v) is 6.17. The highest BCUT2D eigenvalue weighted by Gasteiger charge is 2.16. The van der Waals surface area contributed by atoms with Crippen LogP contribution >= 0.6 is 11.6 Å². The minimum atomic E-state index is -0.691. The van der Waals surface area contributed by atoms with Crippen LogP contribution in [0.4, 0.5) is 10.2 Å². The second kappa shape index (κ2) is 6.72. The maximum absolute atomic E-state index is 13.6. The molecule has 2 heterocycles. The van der Waals surface area contributed by atoms with Gasteiger partial charge in [0.05, 0.1) is 10.7 Å². The van der Waals surface area contributed by atoms with Crippen LogP contribution in [0.1, 0.15) is 27.3 Å².